The molecule has 1 fully saturated rings. The van der Waals surface area contributed by atoms with Crippen molar-refractivity contribution < 1.29 is 14.7 Å². The van der Waals surface area contributed by atoms with E-state index in [0.717, 1.165) is 6.42 Å². The minimum atomic E-state index is -0.949. The molecule has 0 aliphatic carbocycles. The number of hydrogen-bond acceptors (Lipinski definition) is 4. The summed E-state index contributed by atoms with van der Waals surface area (Å²) in [5.41, 5.74) is -0.949. The summed E-state index contributed by atoms with van der Waals surface area (Å²) < 4.78 is 0. The lowest BCUT2D eigenvalue weighted by molar-refractivity contribution is -0.135. The molecule has 1 aliphatic heterocycles. The Morgan fingerprint density at radius 1 is 1.27 bits per heavy atom. The molecule has 0 bridgehead atoms. The lowest BCUT2D eigenvalue weighted by Gasteiger charge is -2.39. The lowest BCUT2D eigenvalue weighted by atomic mass is 9.88. The maximum absolute atomic E-state index is 12.1. The Kier molecular flexibility index (Phi) is 7.03. The van der Waals surface area contributed by atoms with E-state index in [1.54, 1.807) is 25.1 Å². The summed E-state index contributed by atoms with van der Waals surface area (Å²) in [6.07, 6.45) is 5.50. The maximum atomic E-state index is 12.1. The maximum Gasteiger partial charge on any atom is 0.246 e. The number of nitrogens with zero attached hydrogens (tertiary/aromatic N) is 3. The highest BCUT2D eigenvalue weighted by Gasteiger charge is 2.34. The average Bonchev–Trinajstić information content (AvgIpc) is 2.44. The molecule has 0 saturated carbocycles. The van der Waals surface area contributed by atoms with Gasteiger partial charge >= 0.3 is 0 Å². The van der Waals surface area contributed by atoms with Crippen LogP contribution in [0.1, 0.15) is 25.7 Å². The van der Waals surface area contributed by atoms with Crippen LogP contribution in [0.2, 0.25) is 0 Å². The zero-order valence-electron chi connectivity index (χ0n) is 14.2. The summed E-state index contributed by atoms with van der Waals surface area (Å²) in [6.45, 7) is 1.68. The van der Waals surface area contributed by atoms with E-state index in [1.165, 1.54) is 4.90 Å². The first-order valence-electron chi connectivity index (χ1n) is 7.76. The number of carbonyl (C=O) groups is 2. The molecule has 1 saturated heterocycles. The fraction of sp³-hybridized carbons (Fsp3) is 0.750. The fourth-order valence-corrected chi connectivity index (χ4v) is 2.54. The van der Waals surface area contributed by atoms with Crippen molar-refractivity contribution in [2.45, 2.75) is 31.3 Å². The molecule has 1 rings (SSSR count). The number of carbonyl (C=O) groups excluding carboxylic acids is 2. The third-order valence-electron chi connectivity index (χ3n) is 3.90. The molecule has 22 heavy (non-hydrogen) atoms. The van der Waals surface area contributed by atoms with E-state index < -0.39 is 5.60 Å². The van der Waals surface area contributed by atoms with Crippen LogP contribution in [0, 0.1) is 0 Å². The van der Waals surface area contributed by atoms with E-state index in [4.69, 9.17) is 0 Å². The third kappa shape index (κ3) is 6.15. The molecule has 1 unspecified atom stereocenters. The van der Waals surface area contributed by atoms with Crippen LogP contribution in [0.5, 0.6) is 0 Å². The van der Waals surface area contributed by atoms with Crippen molar-refractivity contribution in [3.63, 3.8) is 0 Å². The van der Waals surface area contributed by atoms with E-state index in [1.807, 2.05) is 25.1 Å². The van der Waals surface area contributed by atoms with Gasteiger partial charge in [-0.3, -0.25) is 9.59 Å². The monoisotopic (exact) mass is 311 g/mol. The van der Waals surface area contributed by atoms with Crippen molar-refractivity contribution in [2.24, 2.45) is 0 Å². The molecule has 0 radical (unpaired) electrons. The predicted molar refractivity (Wildman–Crippen MR) is 86.4 cm³/mol. The van der Waals surface area contributed by atoms with Crippen molar-refractivity contribution in [3.05, 3.63) is 12.2 Å². The van der Waals surface area contributed by atoms with Gasteiger partial charge in [0.05, 0.1) is 5.60 Å². The molecule has 126 valence electrons. The number of likely N-dealkylation sites (N-methyl/N-ethyl adjacent to an activating group) is 1. The molecule has 1 N–H and O–H groups in total. The molecule has 0 aromatic heterocycles. The topological polar surface area (TPSA) is 64.1 Å². The highest BCUT2D eigenvalue weighted by atomic mass is 16.3. The Morgan fingerprint density at radius 2 is 1.95 bits per heavy atom. The molecule has 0 aromatic rings. The van der Waals surface area contributed by atoms with Gasteiger partial charge in [-0.2, -0.15) is 0 Å². The third-order valence-corrected chi connectivity index (χ3v) is 3.90. The number of amides is 2. The number of likely N-dealkylation sites (tertiary alicyclic amines) is 1. The first-order valence-corrected chi connectivity index (χ1v) is 7.76. The van der Waals surface area contributed by atoms with Crippen LogP contribution in [-0.4, -0.2) is 85.0 Å². The molecule has 2 amide bonds. The molecule has 0 spiro atoms. The molecule has 1 aliphatic rings. The summed E-state index contributed by atoms with van der Waals surface area (Å²) >= 11 is 0. The van der Waals surface area contributed by atoms with Crippen molar-refractivity contribution in [3.8, 4) is 0 Å². The Balaban J connectivity index is 2.53. The van der Waals surface area contributed by atoms with Crippen LogP contribution < -0.4 is 0 Å². The van der Waals surface area contributed by atoms with E-state index >= 15 is 0 Å². The molecule has 6 nitrogen and oxygen atoms in total. The van der Waals surface area contributed by atoms with Gasteiger partial charge in [-0.15, -0.1) is 0 Å². The minimum absolute atomic E-state index is 0.00255. The summed E-state index contributed by atoms with van der Waals surface area (Å²) in [5, 5.41) is 10.6. The number of hydrogen-bond donors (Lipinski definition) is 1. The first-order chi connectivity index (χ1) is 10.2. The van der Waals surface area contributed by atoms with Crippen molar-refractivity contribution in [1.82, 2.24) is 14.7 Å². The summed E-state index contributed by atoms with van der Waals surface area (Å²) in [4.78, 5) is 29.0. The normalized spacial score (nSPS) is 22.4. The lowest BCUT2D eigenvalue weighted by Crippen LogP contribution is -2.50. The standard InChI is InChI=1S/C16H29N3O3/c1-17(2)11-5-7-15(21)19-12-6-9-16(22,13-19)10-8-14(20)18(3)4/h5,7,22H,6,8-13H2,1-4H3. The molecule has 1 atom stereocenters. The number of β-amino-alcohol motifs (C(OH)–C–C–N with tert-alkyl or cyclic N) is 1. The van der Waals surface area contributed by atoms with Crippen LogP contribution in [0.3, 0.4) is 0 Å². The van der Waals surface area contributed by atoms with Gasteiger partial charge in [-0.25, -0.2) is 0 Å². The van der Waals surface area contributed by atoms with Crippen molar-refractivity contribution in [1.29, 1.82) is 0 Å². The largest absolute Gasteiger partial charge is 0.388 e. The second-order valence-electron chi connectivity index (χ2n) is 6.54. The second kappa shape index (κ2) is 8.29. The second-order valence-corrected chi connectivity index (χ2v) is 6.54. The Hall–Kier alpha value is -1.40. The van der Waals surface area contributed by atoms with Gasteiger partial charge < -0.3 is 19.8 Å². The van der Waals surface area contributed by atoms with Gasteiger partial charge in [0.15, 0.2) is 0 Å². The average molecular weight is 311 g/mol. The first kappa shape index (κ1) is 18.6. The summed E-state index contributed by atoms with van der Waals surface area (Å²) in [5.74, 6) is -0.0679. The Labute approximate surface area is 133 Å². The predicted octanol–water partition coefficient (Wildman–Crippen LogP) is 0.326. The van der Waals surface area contributed by atoms with Crippen LogP contribution in [0.25, 0.3) is 0 Å². The van der Waals surface area contributed by atoms with E-state index in [0.29, 0.717) is 38.9 Å². The quantitative estimate of drug-likeness (QED) is 0.718. The van der Waals surface area contributed by atoms with Crippen LogP contribution >= 0.6 is 0 Å². The van der Waals surface area contributed by atoms with Gasteiger partial charge in [-0.05, 0) is 33.4 Å². The van der Waals surface area contributed by atoms with E-state index in [9.17, 15) is 14.7 Å². The highest BCUT2D eigenvalue weighted by Crippen LogP contribution is 2.26. The van der Waals surface area contributed by atoms with Gasteiger partial charge in [0.1, 0.15) is 0 Å². The fourth-order valence-electron chi connectivity index (χ4n) is 2.54. The van der Waals surface area contributed by atoms with Gasteiger partial charge in [0.2, 0.25) is 11.8 Å². The SMILES string of the molecule is CN(C)CC=CC(=O)N1CCCC(O)(CCC(=O)N(C)C)C1. The molecule has 1 heterocycles. The molecule has 0 aromatic carbocycles. The van der Waals surface area contributed by atoms with Crippen LogP contribution in [0.4, 0.5) is 0 Å². The molecular formula is C16H29N3O3. The zero-order chi connectivity index (χ0) is 16.8. The zero-order valence-corrected chi connectivity index (χ0v) is 14.2. The van der Waals surface area contributed by atoms with Gasteiger partial charge in [-0.1, -0.05) is 6.08 Å². The molecular weight excluding hydrogens is 282 g/mol. The molecule has 6 heteroatoms. The van der Waals surface area contributed by atoms with E-state index in [-0.39, 0.29) is 11.8 Å². The number of aliphatic hydroxyl groups is 1. The number of piperidine rings is 1. The van der Waals surface area contributed by atoms with Crippen LogP contribution in [0.15, 0.2) is 12.2 Å². The Morgan fingerprint density at radius 3 is 2.55 bits per heavy atom. The Bertz CT molecular complexity index is 421. The van der Waals surface area contributed by atoms with Crippen LogP contribution in [-0.2, 0) is 9.59 Å². The van der Waals surface area contributed by atoms with Crippen molar-refractivity contribution >= 4 is 11.8 Å². The van der Waals surface area contributed by atoms with E-state index in [2.05, 4.69) is 0 Å². The number of rotatable bonds is 6. The summed E-state index contributed by atoms with van der Waals surface area (Å²) in [7, 11) is 7.30. The van der Waals surface area contributed by atoms with Crippen molar-refractivity contribution in [2.75, 3.05) is 47.8 Å². The van der Waals surface area contributed by atoms with Gasteiger partial charge in [0, 0.05) is 46.2 Å². The summed E-state index contributed by atoms with van der Waals surface area (Å²) in [6, 6.07) is 0. The highest BCUT2D eigenvalue weighted by molar-refractivity contribution is 5.87. The minimum Gasteiger partial charge on any atom is -0.388 e. The smallest absolute Gasteiger partial charge is 0.246 e. The van der Waals surface area contributed by atoms with Gasteiger partial charge in [0.25, 0.3) is 0 Å².